The number of ether oxygens (including phenoxy) is 3. The second-order valence-electron chi connectivity index (χ2n) is 6.79. The number of carbonyl (C=O) groups is 1. The van der Waals surface area contributed by atoms with E-state index in [9.17, 15) is 4.79 Å². The van der Waals surface area contributed by atoms with Gasteiger partial charge in [-0.25, -0.2) is 0 Å². The minimum Gasteiger partial charge on any atom is -0.381 e. The van der Waals surface area contributed by atoms with Crippen molar-refractivity contribution in [2.75, 3.05) is 33.0 Å². The number of nitrogens with one attached hydrogen (secondary N) is 1. The highest BCUT2D eigenvalue weighted by Crippen LogP contribution is 2.13. The number of amides is 1. The van der Waals surface area contributed by atoms with Gasteiger partial charge in [-0.1, -0.05) is 13.8 Å². The van der Waals surface area contributed by atoms with Gasteiger partial charge in [0.2, 0.25) is 5.91 Å². The molecule has 2 atom stereocenters. The number of hydrogen-bond donors (Lipinski definition) is 1. The zero-order valence-electron chi connectivity index (χ0n) is 14.6. The van der Waals surface area contributed by atoms with Crippen LogP contribution in [0, 0.1) is 11.8 Å². The van der Waals surface area contributed by atoms with E-state index >= 15 is 0 Å². The molecule has 2 aliphatic heterocycles. The van der Waals surface area contributed by atoms with E-state index in [2.05, 4.69) is 19.2 Å². The lowest BCUT2D eigenvalue weighted by Gasteiger charge is -2.22. The van der Waals surface area contributed by atoms with Crippen molar-refractivity contribution in [2.45, 2.75) is 59.1 Å². The van der Waals surface area contributed by atoms with E-state index in [-0.39, 0.29) is 17.9 Å². The summed E-state index contributed by atoms with van der Waals surface area (Å²) in [5.74, 6) is 0.867. The Balaban J connectivity index is 0.000000224. The summed E-state index contributed by atoms with van der Waals surface area (Å²) in [5.41, 5.74) is 0. The van der Waals surface area contributed by atoms with Crippen LogP contribution in [-0.2, 0) is 19.0 Å². The standard InChI is InChI=1S/C9H17NO2.C8H16O2/c1-7(2)10-9(11)8-4-3-5-12-6-8;1-7(2)5-10-8-3-4-9-6-8/h7-8H,3-6H2,1-2H3,(H,10,11);7-8H,3-6H2,1-2H3. The average molecular weight is 315 g/mol. The molecule has 22 heavy (non-hydrogen) atoms. The average Bonchev–Trinajstić information content (AvgIpc) is 2.99. The van der Waals surface area contributed by atoms with Crippen LogP contribution in [0.2, 0.25) is 0 Å². The van der Waals surface area contributed by atoms with E-state index < -0.39 is 0 Å². The van der Waals surface area contributed by atoms with Crippen molar-refractivity contribution in [3.63, 3.8) is 0 Å². The summed E-state index contributed by atoms with van der Waals surface area (Å²) in [5, 5.41) is 2.89. The van der Waals surface area contributed by atoms with E-state index in [4.69, 9.17) is 14.2 Å². The van der Waals surface area contributed by atoms with Crippen LogP contribution in [0.3, 0.4) is 0 Å². The fourth-order valence-electron chi connectivity index (χ4n) is 2.32. The second kappa shape index (κ2) is 11.0. The molecule has 0 saturated carbocycles. The number of carbonyl (C=O) groups excluding carboxylic acids is 1. The van der Waals surface area contributed by atoms with Crippen LogP contribution in [0.5, 0.6) is 0 Å². The summed E-state index contributed by atoms with van der Waals surface area (Å²) >= 11 is 0. The lowest BCUT2D eigenvalue weighted by atomic mass is 10.0. The Morgan fingerprint density at radius 2 is 1.86 bits per heavy atom. The summed E-state index contributed by atoms with van der Waals surface area (Å²) in [6.45, 7) is 12.2. The van der Waals surface area contributed by atoms with Crippen molar-refractivity contribution >= 4 is 5.91 Å². The molecule has 0 aromatic rings. The van der Waals surface area contributed by atoms with Crippen molar-refractivity contribution < 1.29 is 19.0 Å². The normalized spacial score (nSPS) is 25.0. The Labute approximate surface area is 135 Å². The molecule has 2 aliphatic rings. The van der Waals surface area contributed by atoms with Crippen molar-refractivity contribution in [2.24, 2.45) is 11.8 Å². The first-order valence-corrected chi connectivity index (χ1v) is 8.56. The van der Waals surface area contributed by atoms with Crippen molar-refractivity contribution in [1.82, 2.24) is 5.32 Å². The van der Waals surface area contributed by atoms with E-state index in [0.29, 0.717) is 18.6 Å². The van der Waals surface area contributed by atoms with Crippen molar-refractivity contribution in [3.05, 3.63) is 0 Å². The topological polar surface area (TPSA) is 56.8 Å². The van der Waals surface area contributed by atoms with E-state index in [1.54, 1.807) is 0 Å². The second-order valence-corrected chi connectivity index (χ2v) is 6.79. The van der Waals surface area contributed by atoms with Gasteiger partial charge >= 0.3 is 0 Å². The van der Waals surface area contributed by atoms with E-state index in [0.717, 1.165) is 45.7 Å². The Hall–Kier alpha value is -0.650. The van der Waals surface area contributed by atoms with Crippen molar-refractivity contribution in [1.29, 1.82) is 0 Å². The molecule has 2 fully saturated rings. The quantitative estimate of drug-likeness (QED) is 0.846. The van der Waals surface area contributed by atoms with Gasteiger partial charge in [0, 0.05) is 25.9 Å². The maximum atomic E-state index is 11.4. The van der Waals surface area contributed by atoms with Crippen LogP contribution >= 0.6 is 0 Å². The van der Waals surface area contributed by atoms with Crippen LogP contribution in [-0.4, -0.2) is 51.1 Å². The Morgan fingerprint density at radius 1 is 1.14 bits per heavy atom. The van der Waals surface area contributed by atoms with Gasteiger partial charge in [0.1, 0.15) is 0 Å². The lowest BCUT2D eigenvalue weighted by Crippen LogP contribution is -2.39. The third-order valence-electron chi connectivity index (χ3n) is 3.52. The predicted molar refractivity (Wildman–Crippen MR) is 86.8 cm³/mol. The van der Waals surface area contributed by atoms with Gasteiger partial charge in [-0.3, -0.25) is 4.79 Å². The molecule has 2 heterocycles. The molecule has 2 saturated heterocycles. The molecule has 5 nitrogen and oxygen atoms in total. The van der Waals surface area contributed by atoms with Gasteiger partial charge in [-0.15, -0.1) is 0 Å². The summed E-state index contributed by atoms with van der Waals surface area (Å²) in [4.78, 5) is 11.4. The van der Waals surface area contributed by atoms with Crippen LogP contribution in [0.4, 0.5) is 0 Å². The molecule has 2 unspecified atom stereocenters. The molecule has 130 valence electrons. The predicted octanol–water partition coefficient (Wildman–Crippen LogP) is 2.39. The Kier molecular flexibility index (Phi) is 9.68. The molecule has 2 rings (SSSR count). The molecule has 0 bridgehead atoms. The molecule has 0 spiro atoms. The van der Waals surface area contributed by atoms with E-state index in [1.807, 2.05) is 13.8 Å². The first-order valence-electron chi connectivity index (χ1n) is 8.56. The fourth-order valence-corrected chi connectivity index (χ4v) is 2.32. The number of rotatable bonds is 5. The van der Waals surface area contributed by atoms with Crippen molar-refractivity contribution in [3.8, 4) is 0 Å². The minimum absolute atomic E-state index is 0.0844. The van der Waals surface area contributed by atoms with Crippen LogP contribution in [0.15, 0.2) is 0 Å². The Bertz CT molecular complexity index is 295. The molecule has 0 aromatic heterocycles. The van der Waals surface area contributed by atoms with Gasteiger partial charge in [0.15, 0.2) is 0 Å². The molecular weight excluding hydrogens is 282 g/mol. The monoisotopic (exact) mass is 315 g/mol. The van der Waals surface area contributed by atoms with Crippen LogP contribution < -0.4 is 5.32 Å². The highest BCUT2D eigenvalue weighted by atomic mass is 16.5. The first-order chi connectivity index (χ1) is 10.5. The van der Waals surface area contributed by atoms with Gasteiger partial charge in [-0.05, 0) is 39.0 Å². The first kappa shape index (κ1) is 19.4. The largest absolute Gasteiger partial charge is 0.381 e. The van der Waals surface area contributed by atoms with Gasteiger partial charge in [0.25, 0.3) is 0 Å². The maximum absolute atomic E-state index is 11.4. The zero-order valence-corrected chi connectivity index (χ0v) is 14.6. The molecule has 0 radical (unpaired) electrons. The molecule has 1 amide bonds. The highest BCUT2D eigenvalue weighted by molar-refractivity contribution is 5.79. The zero-order chi connectivity index (χ0) is 16.4. The van der Waals surface area contributed by atoms with Crippen LogP contribution in [0.25, 0.3) is 0 Å². The molecular formula is C17H33NO4. The van der Waals surface area contributed by atoms with Gasteiger partial charge in [0.05, 0.1) is 25.2 Å². The van der Waals surface area contributed by atoms with Gasteiger partial charge in [-0.2, -0.15) is 0 Å². The molecule has 0 aromatic carbocycles. The third kappa shape index (κ3) is 8.71. The smallest absolute Gasteiger partial charge is 0.225 e. The summed E-state index contributed by atoms with van der Waals surface area (Å²) in [6, 6.07) is 0.236. The van der Waals surface area contributed by atoms with Crippen LogP contribution in [0.1, 0.15) is 47.0 Å². The third-order valence-corrected chi connectivity index (χ3v) is 3.52. The molecule has 0 aliphatic carbocycles. The maximum Gasteiger partial charge on any atom is 0.225 e. The fraction of sp³-hybridized carbons (Fsp3) is 0.941. The van der Waals surface area contributed by atoms with E-state index in [1.165, 1.54) is 0 Å². The summed E-state index contributed by atoms with van der Waals surface area (Å²) < 4.78 is 15.9. The lowest BCUT2D eigenvalue weighted by molar-refractivity contribution is -0.129. The van der Waals surface area contributed by atoms with Gasteiger partial charge < -0.3 is 19.5 Å². The summed E-state index contributed by atoms with van der Waals surface area (Å²) in [7, 11) is 0. The summed E-state index contributed by atoms with van der Waals surface area (Å²) in [6.07, 6.45) is 3.43. The highest BCUT2D eigenvalue weighted by Gasteiger charge is 2.21. The SMILES string of the molecule is CC(C)COC1CCOC1.CC(C)NC(=O)C1CCCOC1. The number of hydrogen-bond acceptors (Lipinski definition) is 4. The molecule has 1 N–H and O–H groups in total. The Morgan fingerprint density at radius 3 is 2.36 bits per heavy atom. The molecule has 5 heteroatoms. The minimum atomic E-state index is 0.0844.